The summed E-state index contributed by atoms with van der Waals surface area (Å²) >= 11 is 7.39. The van der Waals surface area contributed by atoms with Crippen molar-refractivity contribution in [2.24, 2.45) is 5.92 Å². The van der Waals surface area contributed by atoms with Crippen LogP contribution < -0.4 is 10.6 Å². The number of nitrogens with one attached hydrogen (secondary N) is 2. The van der Waals surface area contributed by atoms with Gasteiger partial charge in [0.2, 0.25) is 5.91 Å². The Morgan fingerprint density at radius 3 is 2.50 bits per heavy atom. The fourth-order valence-electron chi connectivity index (χ4n) is 2.47. The molecule has 0 saturated heterocycles. The molecule has 6 nitrogen and oxygen atoms in total. The van der Waals surface area contributed by atoms with Crippen molar-refractivity contribution in [2.75, 3.05) is 17.7 Å². The standard InChI is InChI=1S/C20H22ClN3O3S/c1-11(2)24(3)20(27)13-6-7-14(21)15(10-13)22-19(26)16-8-9-17(28-16)23-18(25)12-4-5-12/h6-12H,4-5H2,1-3H3,(H,22,26)(H,23,25). The first-order chi connectivity index (χ1) is 13.3. The molecule has 0 radical (unpaired) electrons. The molecule has 0 unspecified atom stereocenters. The molecule has 1 heterocycles. The molecule has 1 saturated carbocycles. The zero-order valence-corrected chi connectivity index (χ0v) is 17.5. The maximum absolute atomic E-state index is 12.6. The summed E-state index contributed by atoms with van der Waals surface area (Å²) in [6.07, 6.45) is 1.84. The van der Waals surface area contributed by atoms with Crippen LogP contribution in [0.25, 0.3) is 0 Å². The number of anilines is 2. The lowest BCUT2D eigenvalue weighted by molar-refractivity contribution is -0.117. The van der Waals surface area contributed by atoms with Crippen LogP contribution >= 0.6 is 22.9 Å². The molecule has 0 atom stereocenters. The van der Waals surface area contributed by atoms with Gasteiger partial charge in [0.25, 0.3) is 11.8 Å². The van der Waals surface area contributed by atoms with Gasteiger partial charge in [0.05, 0.1) is 20.6 Å². The van der Waals surface area contributed by atoms with Gasteiger partial charge in [-0.05, 0) is 57.0 Å². The molecule has 2 aromatic rings. The topological polar surface area (TPSA) is 78.5 Å². The van der Waals surface area contributed by atoms with E-state index in [0.717, 1.165) is 12.8 Å². The van der Waals surface area contributed by atoms with E-state index in [1.54, 1.807) is 42.3 Å². The second-order valence-electron chi connectivity index (χ2n) is 7.09. The van der Waals surface area contributed by atoms with Gasteiger partial charge < -0.3 is 15.5 Å². The van der Waals surface area contributed by atoms with Crippen molar-refractivity contribution in [3.05, 3.63) is 45.8 Å². The fraction of sp³-hybridized carbons (Fsp3) is 0.350. The van der Waals surface area contributed by atoms with Gasteiger partial charge in [0.15, 0.2) is 0 Å². The minimum Gasteiger partial charge on any atom is -0.339 e. The van der Waals surface area contributed by atoms with Gasteiger partial charge in [-0.3, -0.25) is 14.4 Å². The first-order valence-corrected chi connectivity index (χ1v) is 10.2. The predicted molar refractivity (Wildman–Crippen MR) is 112 cm³/mol. The van der Waals surface area contributed by atoms with Crippen LogP contribution in [0.3, 0.4) is 0 Å². The first kappa shape index (κ1) is 20.4. The van der Waals surface area contributed by atoms with E-state index in [4.69, 9.17) is 11.6 Å². The van der Waals surface area contributed by atoms with Gasteiger partial charge in [-0.1, -0.05) is 11.6 Å². The van der Waals surface area contributed by atoms with Crippen LogP contribution in [-0.2, 0) is 4.79 Å². The van der Waals surface area contributed by atoms with E-state index in [9.17, 15) is 14.4 Å². The second kappa shape index (κ2) is 8.32. The van der Waals surface area contributed by atoms with Crippen molar-refractivity contribution in [2.45, 2.75) is 32.7 Å². The molecule has 0 bridgehead atoms. The maximum Gasteiger partial charge on any atom is 0.265 e. The number of nitrogens with zero attached hydrogens (tertiary/aromatic N) is 1. The molecule has 1 fully saturated rings. The lowest BCUT2D eigenvalue weighted by Crippen LogP contribution is -2.33. The summed E-state index contributed by atoms with van der Waals surface area (Å²) in [6.45, 7) is 3.85. The predicted octanol–water partition coefficient (Wildman–Crippen LogP) is 4.48. The third kappa shape index (κ3) is 4.72. The van der Waals surface area contributed by atoms with Crippen molar-refractivity contribution in [1.82, 2.24) is 4.90 Å². The van der Waals surface area contributed by atoms with Crippen LogP contribution in [0.1, 0.15) is 46.7 Å². The summed E-state index contributed by atoms with van der Waals surface area (Å²) in [5.74, 6) is -0.399. The average Bonchev–Trinajstić information content (AvgIpc) is 3.41. The molecule has 0 aliphatic heterocycles. The summed E-state index contributed by atoms with van der Waals surface area (Å²) in [6, 6.07) is 8.21. The van der Waals surface area contributed by atoms with Crippen LogP contribution in [0.2, 0.25) is 5.02 Å². The highest BCUT2D eigenvalue weighted by Crippen LogP contribution is 2.32. The van der Waals surface area contributed by atoms with Crippen LogP contribution in [0.15, 0.2) is 30.3 Å². The largest absolute Gasteiger partial charge is 0.339 e. The monoisotopic (exact) mass is 419 g/mol. The molecule has 1 aromatic heterocycles. The molecule has 2 N–H and O–H groups in total. The molecule has 1 aromatic carbocycles. The van der Waals surface area contributed by atoms with E-state index in [0.29, 0.717) is 26.2 Å². The number of benzene rings is 1. The molecular formula is C20H22ClN3O3S. The summed E-state index contributed by atoms with van der Waals surface area (Å²) in [7, 11) is 1.73. The zero-order valence-electron chi connectivity index (χ0n) is 15.9. The SMILES string of the molecule is CC(C)N(C)C(=O)c1ccc(Cl)c(NC(=O)c2ccc(NC(=O)C3CC3)s2)c1. The third-order valence-electron chi connectivity index (χ3n) is 4.58. The van der Waals surface area contributed by atoms with E-state index in [1.807, 2.05) is 13.8 Å². The Kier molecular flexibility index (Phi) is 6.05. The molecule has 8 heteroatoms. The Labute approximate surface area is 172 Å². The molecule has 1 aliphatic carbocycles. The maximum atomic E-state index is 12.6. The number of hydrogen-bond acceptors (Lipinski definition) is 4. The van der Waals surface area contributed by atoms with E-state index in [2.05, 4.69) is 10.6 Å². The Balaban J connectivity index is 1.71. The Hall–Kier alpha value is -2.38. The van der Waals surface area contributed by atoms with Crippen molar-refractivity contribution in [3.63, 3.8) is 0 Å². The van der Waals surface area contributed by atoms with Crippen molar-refractivity contribution in [3.8, 4) is 0 Å². The van der Waals surface area contributed by atoms with Crippen molar-refractivity contribution < 1.29 is 14.4 Å². The highest BCUT2D eigenvalue weighted by molar-refractivity contribution is 7.18. The number of carbonyl (C=O) groups excluding carboxylic acids is 3. The van der Waals surface area contributed by atoms with E-state index >= 15 is 0 Å². The molecule has 3 amide bonds. The number of amides is 3. The second-order valence-corrected chi connectivity index (χ2v) is 8.58. The van der Waals surface area contributed by atoms with Crippen molar-refractivity contribution >= 4 is 51.3 Å². The normalized spacial score (nSPS) is 13.3. The molecule has 28 heavy (non-hydrogen) atoms. The summed E-state index contributed by atoms with van der Waals surface area (Å²) in [5.41, 5.74) is 0.811. The molecule has 3 rings (SSSR count). The number of thiophene rings is 1. The Morgan fingerprint density at radius 2 is 1.86 bits per heavy atom. The van der Waals surface area contributed by atoms with Crippen LogP contribution in [0.5, 0.6) is 0 Å². The average molecular weight is 420 g/mol. The minimum absolute atomic E-state index is 0.00246. The van der Waals surface area contributed by atoms with Gasteiger partial charge in [-0.15, -0.1) is 11.3 Å². The third-order valence-corrected chi connectivity index (χ3v) is 5.91. The molecular weight excluding hydrogens is 398 g/mol. The fourth-order valence-corrected chi connectivity index (χ4v) is 3.44. The smallest absolute Gasteiger partial charge is 0.265 e. The van der Waals surface area contributed by atoms with Crippen LogP contribution in [0, 0.1) is 5.92 Å². The lowest BCUT2D eigenvalue weighted by atomic mass is 10.1. The molecule has 1 aliphatic rings. The Bertz CT molecular complexity index is 921. The lowest BCUT2D eigenvalue weighted by Gasteiger charge is -2.21. The number of carbonyl (C=O) groups is 3. The molecule has 148 valence electrons. The number of rotatable bonds is 6. The van der Waals surface area contributed by atoms with Gasteiger partial charge in [-0.2, -0.15) is 0 Å². The molecule has 0 spiro atoms. The summed E-state index contributed by atoms with van der Waals surface area (Å²) < 4.78 is 0. The van der Waals surface area contributed by atoms with Gasteiger partial charge in [0.1, 0.15) is 0 Å². The number of halogens is 1. The van der Waals surface area contributed by atoms with E-state index in [1.165, 1.54) is 11.3 Å². The number of hydrogen-bond donors (Lipinski definition) is 2. The van der Waals surface area contributed by atoms with Crippen LogP contribution in [0.4, 0.5) is 10.7 Å². The van der Waals surface area contributed by atoms with E-state index < -0.39 is 0 Å². The quantitative estimate of drug-likeness (QED) is 0.724. The van der Waals surface area contributed by atoms with Gasteiger partial charge in [-0.25, -0.2) is 0 Å². The highest BCUT2D eigenvalue weighted by atomic mass is 35.5. The van der Waals surface area contributed by atoms with Gasteiger partial charge in [0, 0.05) is 24.6 Å². The van der Waals surface area contributed by atoms with Crippen LogP contribution in [-0.4, -0.2) is 35.7 Å². The van der Waals surface area contributed by atoms with Gasteiger partial charge >= 0.3 is 0 Å². The Morgan fingerprint density at radius 1 is 1.14 bits per heavy atom. The van der Waals surface area contributed by atoms with E-state index in [-0.39, 0.29) is 29.7 Å². The van der Waals surface area contributed by atoms with Crippen molar-refractivity contribution in [1.29, 1.82) is 0 Å². The zero-order chi connectivity index (χ0) is 20.4. The highest BCUT2D eigenvalue weighted by Gasteiger charge is 2.30. The minimum atomic E-state index is -0.347. The summed E-state index contributed by atoms with van der Waals surface area (Å²) in [5, 5.41) is 6.55. The summed E-state index contributed by atoms with van der Waals surface area (Å²) in [4.78, 5) is 39.0. The first-order valence-electron chi connectivity index (χ1n) is 9.05.